The number of amides is 3. The summed E-state index contributed by atoms with van der Waals surface area (Å²) in [5.41, 5.74) is 1.00. The fraction of sp³-hybridized carbons (Fsp3) is 0.190. The number of anilines is 1. The second-order valence-electron chi connectivity index (χ2n) is 6.73. The van der Waals surface area contributed by atoms with Crippen LogP contribution in [-0.2, 0) is 9.59 Å². The van der Waals surface area contributed by atoms with Gasteiger partial charge in [-0.05, 0) is 63.6 Å². The Balaban J connectivity index is 1.46. The highest BCUT2D eigenvalue weighted by Gasteiger charge is 2.36. The minimum atomic E-state index is -0.583. The van der Waals surface area contributed by atoms with Gasteiger partial charge in [0.15, 0.2) is 23.0 Å². The number of nitrogens with one attached hydrogen (secondary N) is 1. The van der Waals surface area contributed by atoms with Gasteiger partial charge >= 0.3 is 0 Å². The number of hydrogen-bond acceptors (Lipinski definition) is 8. The highest BCUT2D eigenvalue weighted by Crippen LogP contribution is 2.38. The Kier molecular flexibility index (Phi) is 6.28. The van der Waals surface area contributed by atoms with E-state index in [2.05, 4.69) is 21.2 Å². The summed E-state index contributed by atoms with van der Waals surface area (Å²) >= 11 is 3.95. The van der Waals surface area contributed by atoms with Crippen LogP contribution < -0.4 is 19.5 Å². The van der Waals surface area contributed by atoms with E-state index >= 15 is 0 Å². The van der Waals surface area contributed by atoms with Crippen molar-refractivity contribution in [3.8, 4) is 23.0 Å². The summed E-state index contributed by atoms with van der Waals surface area (Å²) in [4.78, 5) is 38.5. The molecule has 0 bridgehead atoms. The Labute approximate surface area is 195 Å². The molecule has 0 aromatic heterocycles. The van der Waals surface area contributed by atoms with Crippen LogP contribution in [-0.4, -0.2) is 53.9 Å². The maximum atomic E-state index is 12.7. The number of phenols is 1. The molecule has 1 saturated heterocycles. The number of carbonyl (C=O) groups is 3. The molecule has 2 aromatic carbocycles. The van der Waals surface area contributed by atoms with Gasteiger partial charge in [-0.25, -0.2) is 0 Å². The molecule has 0 saturated carbocycles. The van der Waals surface area contributed by atoms with Crippen LogP contribution in [0.15, 0.2) is 39.7 Å². The van der Waals surface area contributed by atoms with Crippen LogP contribution in [0, 0.1) is 0 Å². The minimum Gasteiger partial charge on any atom is -0.503 e. The summed E-state index contributed by atoms with van der Waals surface area (Å²) in [5.74, 6) is 0.124. The van der Waals surface area contributed by atoms with Crippen LogP contribution in [0.3, 0.4) is 0 Å². The molecule has 2 aliphatic rings. The number of rotatable bonds is 5. The van der Waals surface area contributed by atoms with Crippen molar-refractivity contribution < 1.29 is 33.7 Å². The zero-order valence-electron chi connectivity index (χ0n) is 16.7. The predicted molar refractivity (Wildman–Crippen MR) is 121 cm³/mol. The first-order valence-electron chi connectivity index (χ1n) is 9.37. The van der Waals surface area contributed by atoms with Crippen LogP contribution in [0.25, 0.3) is 6.08 Å². The zero-order chi connectivity index (χ0) is 22.8. The van der Waals surface area contributed by atoms with Crippen LogP contribution in [0.4, 0.5) is 10.5 Å². The van der Waals surface area contributed by atoms with Gasteiger partial charge in [-0.1, -0.05) is 0 Å². The number of methoxy groups -OCH3 is 1. The van der Waals surface area contributed by atoms with Crippen LogP contribution in [0.2, 0.25) is 0 Å². The van der Waals surface area contributed by atoms with E-state index < -0.39 is 23.6 Å². The lowest BCUT2D eigenvalue weighted by Crippen LogP contribution is -2.36. The normalized spacial score (nSPS) is 16.4. The Morgan fingerprint density at radius 2 is 2.00 bits per heavy atom. The number of aromatic hydroxyl groups is 1. The third-order valence-electron chi connectivity index (χ3n) is 4.57. The number of hydrogen-bond donors (Lipinski definition) is 2. The van der Waals surface area contributed by atoms with Gasteiger partial charge in [0.05, 0.1) is 16.5 Å². The third-order valence-corrected chi connectivity index (χ3v) is 6.08. The highest BCUT2D eigenvalue weighted by molar-refractivity contribution is 9.10. The molecule has 32 heavy (non-hydrogen) atoms. The van der Waals surface area contributed by atoms with Gasteiger partial charge in [-0.15, -0.1) is 0 Å². The minimum absolute atomic E-state index is 0.0754. The molecule has 0 spiro atoms. The number of halogens is 1. The van der Waals surface area contributed by atoms with E-state index in [1.807, 2.05) is 0 Å². The lowest BCUT2D eigenvalue weighted by atomic mass is 10.2. The van der Waals surface area contributed by atoms with E-state index in [0.29, 0.717) is 40.4 Å². The average Bonchev–Trinajstić information content (AvgIpc) is 3.03. The summed E-state index contributed by atoms with van der Waals surface area (Å²) < 4.78 is 16.4. The lowest BCUT2D eigenvalue weighted by Gasteiger charge is -2.19. The van der Waals surface area contributed by atoms with E-state index in [-0.39, 0.29) is 16.4 Å². The van der Waals surface area contributed by atoms with Crippen molar-refractivity contribution in [2.75, 3.05) is 32.2 Å². The van der Waals surface area contributed by atoms with Crippen molar-refractivity contribution in [2.24, 2.45) is 0 Å². The molecule has 3 amide bonds. The van der Waals surface area contributed by atoms with Crippen LogP contribution in [0.1, 0.15) is 5.56 Å². The molecule has 2 aromatic rings. The maximum absolute atomic E-state index is 12.7. The number of fused-ring (bicyclic) bond motifs is 1. The number of imide groups is 1. The van der Waals surface area contributed by atoms with Gasteiger partial charge in [-0.3, -0.25) is 19.3 Å². The number of ether oxygens (including phenoxy) is 3. The van der Waals surface area contributed by atoms with E-state index in [4.69, 9.17) is 14.2 Å². The van der Waals surface area contributed by atoms with Crippen molar-refractivity contribution in [1.82, 2.24) is 4.90 Å². The molecular formula is C21H17BrN2O7S. The highest BCUT2D eigenvalue weighted by atomic mass is 79.9. The summed E-state index contributed by atoms with van der Waals surface area (Å²) in [6.45, 7) is 0.440. The van der Waals surface area contributed by atoms with Crippen molar-refractivity contribution in [2.45, 2.75) is 0 Å². The molecule has 0 radical (unpaired) electrons. The molecule has 0 atom stereocenters. The molecule has 2 N–H and O–H groups in total. The summed E-state index contributed by atoms with van der Waals surface area (Å²) in [6, 6.07) is 8.06. The molecule has 1 fully saturated rings. The topological polar surface area (TPSA) is 114 Å². The molecule has 2 aliphatic heterocycles. The summed E-state index contributed by atoms with van der Waals surface area (Å²) in [5, 5.41) is 12.0. The molecule has 2 heterocycles. The molecule has 0 unspecified atom stereocenters. The quantitative estimate of drug-likeness (QED) is 0.574. The van der Waals surface area contributed by atoms with Gasteiger partial charge in [0.1, 0.15) is 19.8 Å². The largest absolute Gasteiger partial charge is 0.503 e. The van der Waals surface area contributed by atoms with Crippen molar-refractivity contribution in [3.63, 3.8) is 0 Å². The van der Waals surface area contributed by atoms with Gasteiger partial charge in [0.2, 0.25) is 5.91 Å². The van der Waals surface area contributed by atoms with Crippen LogP contribution in [0.5, 0.6) is 23.0 Å². The van der Waals surface area contributed by atoms with Gasteiger partial charge in [-0.2, -0.15) is 0 Å². The van der Waals surface area contributed by atoms with Gasteiger partial charge in [0.25, 0.3) is 11.1 Å². The Hall–Kier alpha value is -3.18. The Morgan fingerprint density at radius 3 is 2.75 bits per heavy atom. The first-order chi connectivity index (χ1) is 15.4. The van der Waals surface area contributed by atoms with E-state index in [1.54, 1.807) is 24.3 Å². The molecule has 0 aliphatic carbocycles. The zero-order valence-corrected chi connectivity index (χ0v) is 19.1. The fourth-order valence-corrected chi connectivity index (χ4v) is 4.38. The van der Waals surface area contributed by atoms with E-state index in [9.17, 15) is 19.5 Å². The first kappa shape index (κ1) is 22.0. The summed E-state index contributed by atoms with van der Waals surface area (Å²) in [6.07, 6.45) is 1.50. The van der Waals surface area contributed by atoms with E-state index in [0.717, 1.165) is 16.7 Å². The van der Waals surface area contributed by atoms with Crippen LogP contribution >= 0.6 is 27.7 Å². The average molecular weight is 521 g/mol. The van der Waals surface area contributed by atoms with E-state index in [1.165, 1.54) is 19.3 Å². The third kappa shape index (κ3) is 4.53. The molecule has 4 rings (SSSR count). The smallest absolute Gasteiger partial charge is 0.294 e. The Morgan fingerprint density at radius 1 is 1.25 bits per heavy atom. The van der Waals surface area contributed by atoms with Crippen molar-refractivity contribution in [3.05, 3.63) is 45.3 Å². The van der Waals surface area contributed by atoms with Crippen molar-refractivity contribution >= 4 is 56.5 Å². The standard InChI is InChI=1S/C21H17BrN2O7S/c1-29-16-7-11(6-13(22)19(16)26)8-17-20(27)24(21(28)32-17)10-18(25)23-12-2-3-14-15(9-12)31-5-4-30-14/h2-3,6-9,26H,4-5,10H2,1H3,(H,23,25)/b17-8+. The number of phenolic OH excluding ortho intramolecular Hbond substituents is 1. The molecule has 9 nitrogen and oxygen atoms in total. The second kappa shape index (κ2) is 9.13. The molecule has 11 heteroatoms. The number of benzene rings is 2. The monoisotopic (exact) mass is 520 g/mol. The molecule has 166 valence electrons. The lowest BCUT2D eigenvalue weighted by molar-refractivity contribution is -0.127. The second-order valence-corrected chi connectivity index (χ2v) is 8.58. The number of thioether (sulfide) groups is 1. The SMILES string of the molecule is COc1cc(/C=C2/SC(=O)N(CC(=O)Nc3ccc4c(c3)OCCO4)C2=O)cc(Br)c1O. The Bertz CT molecular complexity index is 1150. The number of carbonyl (C=O) groups excluding carboxylic acids is 3. The van der Waals surface area contributed by atoms with Gasteiger partial charge in [0, 0.05) is 11.8 Å². The predicted octanol–water partition coefficient (Wildman–Crippen LogP) is 3.61. The maximum Gasteiger partial charge on any atom is 0.294 e. The number of nitrogens with zero attached hydrogens (tertiary/aromatic N) is 1. The fourth-order valence-electron chi connectivity index (χ4n) is 3.09. The van der Waals surface area contributed by atoms with Crippen molar-refractivity contribution in [1.29, 1.82) is 0 Å². The van der Waals surface area contributed by atoms with Gasteiger partial charge < -0.3 is 24.6 Å². The summed E-state index contributed by atoms with van der Waals surface area (Å²) in [7, 11) is 1.40. The molecular weight excluding hydrogens is 504 g/mol. The first-order valence-corrected chi connectivity index (χ1v) is 11.0.